The molecule has 1 aliphatic heterocycles. The first-order chi connectivity index (χ1) is 12.6. The van der Waals surface area contributed by atoms with E-state index in [9.17, 15) is 4.79 Å². The number of rotatable bonds is 3. The van der Waals surface area contributed by atoms with Crippen molar-refractivity contribution in [2.75, 3.05) is 13.1 Å². The van der Waals surface area contributed by atoms with Crippen molar-refractivity contribution >= 4 is 5.91 Å². The number of carbonyl (C=O) groups excluding carboxylic acids is 1. The number of benzene rings is 1. The van der Waals surface area contributed by atoms with Gasteiger partial charge in [0, 0.05) is 25.6 Å². The molecule has 1 amide bonds. The molecular weight excluding hydrogens is 332 g/mol. The molecule has 8 nitrogen and oxygen atoms in total. The highest BCUT2D eigenvalue weighted by Crippen LogP contribution is 2.24. The lowest BCUT2D eigenvalue weighted by Crippen LogP contribution is -2.40. The molecule has 1 fully saturated rings. The van der Waals surface area contributed by atoms with Crippen LogP contribution in [0.1, 0.15) is 40.7 Å². The molecule has 0 spiro atoms. The van der Waals surface area contributed by atoms with Crippen molar-refractivity contribution in [3.63, 3.8) is 0 Å². The van der Waals surface area contributed by atoms with Gasteiger partial charge in [-0.2, -0.15) is 4.98 Å². The van der Waals surface area contributed by atoms with Crippen molar-refractivity contribution in [2.24, 2.45) is 0 Å². The summed E-state index contributed by atoms with van der Waals surface area (Å²) in [5.41, 5.74) is 2.44. The summed E-state index contributed by atoms with van der Waals surface area (Å²) >= 11 is 0. The molecule has 0 N–H and O–H groups in total. The Morgan fingerprint density at radius 2 is 2.04 bits per heavy atom. The smallest absolute Gasteiger partial charge is 0.253 e. The average molecular weight is 352 g/mol. The molecule has 134 valence electrons. The monoisotopic (exact) mass is 352 g/mol. The van der Waals surface area contributed by atoms with Gasteiger partial charge in [0.1, 0.15) is 0 Å². The average Bonchev–Trinajstić information content (AvgIpc) is 3.31. The van der Waals surface area contributed by atoms with Crippen LogP contribution in [0.5, 0.6) is 0 Å². The highest BCUT2D eigenvalue weighted by Gasteiger charge is 2.26. The fraction of sp³-hybridized carbons (Fsp3) is 0.389. The van der Waals surface area contributed by atoms with Gasteiger partial charge in [-0.3, -0.25) is 4.79 Å². The Morgan fingerprint density at radius 3 is 2.77 bits per heavy atom. The van der Waals surface area contributed by atoms with Crippen molar-refractivity contribution in [1.29, 1.82) is 0 Å². The molecule has 1 saturated heterocycles. The zero-order valence-corrected chi connectivity index (χ0v) is 14.8. The summed E-state index contributed by atoms with van der Waals surface area (Å²) in [6.07, 6.45) is 3.69. The SMILES string of the molecule is Cc1ccc(C(=O)N2CCC[C@@H](n3cc(-c4noc(C)n4)nn3)C2)cc1. The van der Waals surface area contributed by atoms with Crippen LogP contribution in [0.2, 0.25) is 0 Å². The summed E-state index contributed by atoms with van der Waals surface area (Å²) in [4.78, 5) is 18.8. The van der Waals surface area contributed by atoms with Crippen LogP contribution in [-0.4, -0.2) is 49.0 Å². The van der Waals surface area contributed by atoms with E-state index in [1.54, 1.807) is 11.6 Å². The zero-order chi connectivity index (χ0) is 18.1. The molecule has 2 aromatic heterocycles. The highest BCUT2D eigenvalue weighted by molar-refractivity contribution is 5.94. The Kier molecular flexibility index (Phi) is 4.24. The second-order valence-corrected chi connectivity index (χ2v) is 6.63. The van der Waals surface area contributed by atoms with E-state index < -0.39 is 0 Å². The maximum absolute atomic E-state index is 12.8. The number of hydrogen-bond donors (Lipinski definition) is 0. The molecule has 1 aromatic carbocycles. The Hall–Kier alpha value is -3.03. The zero-order valence-electron chi connectivity index (χ0n) is 14.8. The van der Waals surface area contributed by atoms with E-state index >= 15 is 0 Å². The van der Waals surface area contributed by atoms with Crippen LogP contribution in [0.3, 0.4) is 0 Å². The summed E-state index contributed by atoms with van der Waals surface area (Å²) in [5.74, 6) is 0.975. The predicted octanol–water partition coefficient (Wildman–Crippen LogP) is 2.42. The third-order valence-corrected chi connectivity index (χ3v) is 4.62. The Bertz CT molecular complexity index is 914. The second-order valence-electron chi connectivity index (χ2n) is 6.63. The summed E-state index contributed by atoms with van der Waals surface area (Å²) in [6.45, 7) is 5.12. The van der Waals surface area contributed by atoms with Gasteiger partial charge in [-0.1, -0.05) is 28.1 Å². The van der Waals surface area contributed by atoms with Gasteiger partial charge in [-0.25, -0.2) is 4.68 Å². The van der Waals surface area contributed by atoms with E-state index in [4.69, 9.17) is 4.52 Å². The summed E-state index contributed by atoms with van der Waals surface area (Å²) < 4.78 is 6.79. The van der Waals surface area contributed by atoms with Gasteiger partial charge in [-0.05, 0) is 31.9 Å². The first kappa shape index (κ1) is 16.4. The Labute approximate surface area is 150 Å². The molecule has 8 heteroatoms. The maximum Gasteiger partial charge on any atom is 0.253 e. The van der Waals surface area contributed by atoms with E-state index in [1.807, 2.05) is 42.3 Å². The van der Waals surface area contributed by atoms with Gasteiger partial charge in [0.05, 0.1) is 12.2 Å². The first-order valence-electron chi connectivity index (χ1n) is 8.68. The Balaban J connectivity index is 1.49. The van der Waals surface area contributed by atoms with Crippen LogP contribution in [0.4, 0.5) is 0 Å². The molecule has 4 rings (SSSR count). The molecule has 3 aromatic rings. The molecule has 0 bridgehead atoms. The molecule has 0 radical (unpaired) electrons. The standard InChI is InChI=1S/C18H20N6O2/c1-12-5-7-14(8-6-12)18(25)23-9-3-4-15(10-23)24-11-16(20-22-24)17-19-13(2)26-21-17/h5-8,11,15H,3-4,9-10H2,1-2H3/t15-/m1/s1. The number of likely N-dealkylation sites (tertiary alicyclic amines) is 1. The first-order valence-corrected chi connectivity index (χ1v) is 8.68. The van der Waals surface area contributed by atoms with Crippen LogP contribution in [0.25, 0.3) is 11.5 Å². The van der Waals surface area contributed by atoms with Gasteiger partial charge >= 0.3 is 0 Å². The minimum atomic E-state index is 0.0591. The van der Waals surface area contributed by atoms with E-state index in [0.717, 1.165) is 30.5 Å². The lowest BCUT2D eigenvalue weighted by molar-refractivity contribution is 0.0672. The van der Waals surface area contributed by atoms with Crippen molar-refractivity contribution in [3.05, 3.63) is 47.5 Å². The van der Waals surface area contributed by atoms with Crippen LogP contribution in [0.15, 0.2) is 35.0 Å². The molecule has 0 saturated carbocycles. The molecule has 1 atom stereocenters. The van der Waals surface area contributed by atoms with E-state index in [-0.39, 0.29) is 11.9 Å². The second kappa shape index (κ2) is 6.70. The summed E-state index contributed by atoms with van der Waals surface area (Å²) in [5, 5.41) is 12.2. The Morgan fingerprint density at radius 1 is 1.23 bits per heavy atom. The molecule has 26 heavy (non-hydrogen) atoms. The molecule has 1 aliphatic rings. The molecule has 3 heterocycles. The van der Waals surface area contributed by atoms with Crippen LogP contribution < -0.4 is 0 Å². The van der Waals surface area contributed by atoms with Crippen molar-refractivity contribution in [2.45, 2.75) is 32.7 Å². The van der Waals surface area contributed by atoms with Crippen LogP contribution in [0, 0.1) is 13.8 Å². The number of carbonyl (C=O) groups is 1. The fourth-order valence-corrected chi connectivity index (χ4v) is 3.19. The number of aromatic nitrogens is 5. The van der Waals surface area contributed by atoms with Gasteiger partial charge < -0.3 is 9.42 Å². The van der Waals surface area contributed by atoms with E-state index in [2.05, 4.69) is 20.5 Å². The maximum atomic E-state index is 12.8. The van der Waals surface area contributed by atoms with Crippen molar-refractivity contribution < 1.29 is 9.32 Å². The quantitative estimate of drug-likeness (QED) is 0.719. The van der Waals surface area contributed by atoms with E-state index in [0.29, 0.717) is 24.0 Å². The number of piperidine rings is 1. The van der Waals surface area contributed by atoms with Gasteiger partial charge in [-0.15, -0.1) is 5.10 Å². The van der Waals surface area contributed by atoms with Gasteiger partial charge in [0.15, 0.2) is 5.69 Å². The lowest BCUT2D eigenvalue weighted by Gasteiger charge is -2.32. The van der Waals surface area contributed by atoms with E-state index in [1.165, 1.54) is 0 Å². The third-order valence-electron chi connectivity index (χ3n) is 4.62. The van der Waals surface area contributed by atoms with Crippen LogP contribution >= 0.6 is 0 Å². The highest BCUT2D eigenvalue weighted by atomic mass is 16.5. The van der Waals surface area contributed by atoms with Crippen molar-refractivity contribution in [3.8, 4) is 11.5 Å². The molecule has 0 unspecified atom stereocenters. The molecular formula is C18H20N6O2. The summed E-state index contributed by atoms with van der Waals surface area (Å²) in [6, 6.07) is 7.78. The van der Waals surface area contributed by atoms with Gasteiger partial charge in [0.2, 0.25) is 11.7 Å². The lowest BCUT2D eigenvalue weighted by atomic mass is 10.0. The largest absolute Gasteiger partial charge is 0.339 e. The minimum absolute atomic E-state index is 0.0591. The number of hydrogen-bond acceptors (Lipinski definition) is 6. The topological polar surface area (TPSA) is 89.9 Å². The fourth-order valence-electron chi connectivity index (χ4n) is 3.19. The number of aryl methyl sites for hydroxylation is 2. The van der Waals surface area contributed by atoms with Crippen molar-refractivity contribution in [1.82, 2.24) is 30.0 Å². The number of amides is 1. The van der Waals surface area contributed by atoms with Crippen LogP contribution in [-0.2, 0) is 0 Å². The predicted molar refractivity (Wildman–Crippen MR) is 93.4 cm³/mol. The minimum Gasteiger partial charge on any atom is -0.339 e. The third kappa shape index (κ3) is 3.22. The normalized spacial score (nSPS) is 17.5. The summed E-state index contributed by atoms with van der Waals surface area (Å²) in [7, 11) is 0. The molecule has 0 aliphatic carbocycles. The van der Waals surface area contributed by atoms with Gasteiger partial charge in [0.25, 0.3) is 5.91 Å². The number of nitrogens with zero attached hydrogens (tertiary/aromatic N) is 6.